The first kappa shape index (κ1) is 13.0. The van der Waals surface area contributed by atoms with Crippen molar-refractivity contribution in [1.82, 2.24) is 15.1 Å². The van der Waals surface area contributed by atoms with Gasteiger partial charge in [-0.05, 0) is 13.0 Å². The average Bonchev–Trinajstić information content (AvgIpc) is 2.68. The number of likely N-dealkylation sites (N-methyl/N-ethyl adjacent to an activating group) is 1. The number of hydrogen-bond acceptors (Lipinski definition) is 2. The average molecular weight is 235 g/mol. The molecule has 1 atom stereocenters. The van der Waals surface area contributed by atoms with Gasteiger partial charge in [0.05, 0.1) is 17.8 Å². The summed E-state index contributed by atoms with van der Waals surface area (Å²) in [5, 5.41) is 6.87. The van der Waals surface area contributed by atoms with Crippen LogP contribution in [0.1, 0.15) is 31.9 Å². The van der Waals surface area contributed by atoms with E-state index in [2.05, 4.69) is 10.4 Å². The second-order valence-electron chi connectivity index (χ2n) is 3.58. The fourth-order valence-electron chi connectivity index (χ4n) is 1.42. The Labute approximate surface area is 92.6 Å². The molecule has 1 aromatic heterocycles. The van der Waals surface area contributed by atoms with Crippen molar-refractivity contribution in [1.29, 1.82) is 0 Å². The number of nitrogens with zero attached hydrogens (tertiary/aromatic N) is 2. The zero-order valence-electron chi connectivity index (χ0n) is 9.38. The molecule has 1 heterocycles. The molecule has 0 aliphatic carbocycles. The molecule has 0 aliphatic rings. The third kappa shape index (κ3) is 3.23. The van der Waals surface area contributed by atoms with Crippen molar-refractivity contribution in [2.75, 3.05) is 13.1 Å². The van der Waals surface area contributed by atoms with Gasteiger partial charge in [-0.3, -0.25) is 4.68 Å². The van der Waals surface area contributed by atoms with Crippen LogP contribution in [0.15, 0.2) is 12.4 Å². The summed E-state index contributed by atoms with van der Waals surface area (Å²) in [5.74, 6) is 0. The molecule has 0 amide bonds. The highest BCUT2D eigenvalue weighted by molar-refractivity contribution is 5.08. The van der Waals surface area contributed by atoms with E-state index in [-0.39, 0.29) is 6.04 Å². The summed E-state index contributed by atoms with van der Waals surface area (Å²) in [7, 11) is 0. The van der Waals surface area contributed by atoms with Gasteiger partial charge in [0.15, 0.2) is 0 Å². The monoisotopic (exact) mass is 235 g/mol. The van der Waals surface area contributed by atoms with Crippen LogP contribution in [0, 0.1) is 0 Å². The van der Waals surface area contributed by atoms with Crippen LogP contribution in [0.4, 0.5) is 13.2 Å². The molecule has 0 saturated carbocycles. The number of hydrogen-bond donors (Lipinski definition) is 1. The number of aromatic nitrogens is 2. The molecule has 16 heavy (non-hydrogen) atoms. The third-order valence-electron chi connectivity index (χ3n) is 2.40. The van der Waals surface area contributed by atoms with Crippen molar-refractivity contribution in [2.45, 2.75) is 32.5 Å². The quantitative estimate of drug-likeness (QED) is 0.849. The highest BCUT2D eigenvalue weighted by Crippen LogP contribution is 2.29. The van der Waals surface area contributed by atoms with Crippen LogP contribution >= 0.6 is 0 Å². The maximum atomic E-state index is 12.4. The molecule has 0 aromatic carbocycles. The Balaban J connectivity index is 2.75. The van der Waals surface area contributed by atoms with Crippen molar-refractivity contribution in [2.24, 2.45) is 0 Å². The Morgan fingerprint density at radius 2 is 2.12 bits per heavy atom. The fraction of sp³-hybridized carbons (Fsp3) is 0.700. The minimum atomic E-state index is -4.31. The Bertz CT molecular complexity index is 319. The topological polar surface area (TPSA) is 29.9 Å². The third-order valence-corrected chi connectivity index (χ3v) is 2.40. The van der Waals surface area contributed by atoms with Crippen molar-refractivity contribution < 1.29 is 13.2 Å². The van der Waals surface area contributed by atoms with Gasteiger partial charge in [-0.25, -0.2) is 0 Å². The predicted octanol–water partition coefficient (Wildman–Crippen LogP) is 2.46. The molecule has 92 valence electrons. The van der Waals surface area contributed by atoms with Gasteiger partial charge >= 0.3 is 6.18 Å². The van der Waals surface area contributed by atoms with Crippen LogP contribution in [0.5, 0.6) is 0 Å². The van der Waals surface area contributed by atoms with Gasteiger partial charge in [-0.1, -0.05) is 13.8 Å². The van der Waals surface area contributed by atoms with Crippen molar-refractivity contribution in [3.05, 3.63) is 18.0 Å². The zero-order valence-corrected chi connectivity index (χ0v) is 9.38. The summed E-state index contributed by atoms with van der Waals surface area (Å²) < 4.78 is 38.4. The number of halogens is 3. The Kier molecular flexibility index (Phi) is 4.35. The minimum Gasteiger partial charge on any atom is -0.315 e. The van der Waals surface area contributed by atoms with Gasteiger partial charge in [-0.15, -0.1) is 0 Å². The molecular weight excluding hydrogens is 219 g/mol. The summed E-state index contributed by atoms with van der Waals surface area (Å²) in [6, 6.07) is -0.0314. The van der Waals surface area contributed by atoms with E-state index in [9.17, 15) is 13.2 Å². The first-order chi connectivity index (χ1) is 7.49. The normalized spacial score (nSPS) is 14.1. The van der Waals surface area contributed by atoms with Crippen LogP contribution < -0.4 is 5.32 Å². The van der Waals surface area contributed by atoms with Gasteiger partial charge in [0.1, 0.15) is 0 Å². The van der Waals surface area contributed by atoms with E-state index in [0.29, 0.717) is 6.54 Å². The van der Waals surface area contributed by atoms with Crippen molar-refractivity contribution in [3.63, 3.8) is 0 Å². The molecule has 6 heteroatoms. The molecule has 1 aromatic rings. The van der Waals surface area contributed by atoms with Gasteiger partial charge in [0, 0.05) is 12.7 Å². The summed E-state index contributed by atoms with van der Waals surface area (Å²) in [6.45, 7) is 5.31. The Morgan fingerprint density at radius 3 is 2.56 bits per heavy atom. The number of nitrogens with one attached hydrogen (secondary N) is 1. The van der Waals surface area contributed by atoms with Crippen LogP contribution in [-0.4, -0.2) is 22.9 Å². The lowest BCUT2D eigenvalue weighted by Crippen LogP contribution is -2.25. The van der Waals surface area contributed by atoms with Gasteiger partial charge in [-0.2, -0.15) is 18.3 Å². The first-order valence-electron chi connectivity index (χ1n) is 5.31. The van der Waals surface area contributed by atoms with Gasteiger partial charge in [0.25, 0.3) is 0 Å². The van der Waals surface area contributed by atoms with Crippen molar-refractivity contribution in [3.8, 4) is 0 Å². The van der Waals surface area contributed by atoms with E-state index in [4.69, 9.17) is 0 Å². The summed E-state index contributed by atoms with van der Waals surface area (Å²) in [4.78, 5) is 0. The molecule has 0 fully saturated rings. The predicted molar refractivity (Wildman–Crippen MR) is 55.1 cm³/mol. The molecule has 0 spiro atoms. The highest BCUT2D eigenvalue weighted by atomic mass is 19.4. The lowest BCUT2D eigenvalue weighted by atomic mass is 10.2. The molecule has 1 N–H and O–H groups in total. The SMILES string of the molecule is CCNCC(CC)n1cc(C(F)(F)F)cn1. The molecule has 0 radical (unpaired) electrons. The number of rotatable bonds is 5. The zero-order chi connectivity index (χ0) is 12.2. The van der Waals surface area contributed by atoms with Crippen LogP contribution in [0.3, 0.4) is 0 Å². The lowest BCUT2D eigenvalue weighted by Gasteiger charge is -2.15. The second kappa shape index (κ2) is 5.34. The standard InChI is InChI=1S/C10H16F3N3/c1-3-9(6-14-4-2)16-7-8(5-15-16)10(11,12)13/h5,7,9,14H,3-4,6H2,1-2H3. The summed E-state index contributed by atoms with van der Waals surface area (Å²) >= 11 is 0. The molecular formula is C10H16F3N3. The maximum absolute atomic E-state index is 12.4. The van der Waals surface area contributed by atoms with Gasteiger partial charge < -0.3 is 5.32 Å². The summed E-state index contributed by atoms with van der Waals surface area (Å²) in [5.41, 5.74) is -0.692. The van der Waals surface area contributed by atoms with E-state index in [1.54, 1.807) is 0 Å². The first-order valence-corrected chi connectivity index (χ1v) is 5.31. The molecule has 3 nitrogen and oxygen atoms in total. The molecule has 1 unspecified atom stereocenters. The smallest absolute Gasteiger partial charge is 0.315 e. The highest BCUT2D eigenvalue weighted by Gasteiger charge is 2.32. The second-order valence-corrected chi connectivity index (χ2v) is 3.58. The Morgan fingerprint density at radius 1 is 1.44 bits per heavy atom. The van der Waals surface area contributed by atoms with E-state index >= 15 is 0 Å². The minimum absolute atomic E-state index is 0.0314. The molecule has 1 rings (SSSR count). The van der Waals surface area contributed by atoms with Gasteiger partial charge in [0.2, 0.25) is 0 Å². The molecule has 0 aliphatic heterocycles. The van der Waals surface area contributed by atoms with Crippen LogP contribution in [0.25, 0.3) is 0 Å². The number of alkyl halides is 3. The van der Waals surface area contributed by atoms with E-state index in [1.165, 1.54) is 4.68 Å². The van der Waals surface area contributed by atoms with E-state index < -0.39 is 11.7 Å². The lowest BCUT2D eigenvalue weighted by molar-refractivity contribution is -0.137. The molecule has 0 bridgehead atoms. The summed E-state index contributed by atoms with van der Waals surface area (Å²) in [6.07, 6.45) is -1.64. The van der Waals surface area contributed by atoms with Crippen LogP contribution in [0.2, 0.25) is 0 Å². The van der Waals surface area contributed by atoms with E-state index in [0.717, 1.165) is 25.4 Å². The fourth-order valence-corrected chi connectivity index (χ4v) is 1.42. The largest absolute Gasteiger partial charge is 0.419 e. The Hall–Kier alpha value is -1.04. The van der Waals surface area contributed by atoms with Crippen LogP contribution in [-0.2, 0) is 6.18 Å². The van der Waals surface area contributed by atoms with E-state index in [1.807, 2.05) is 13.8 Å². The van der Waals surface area contributed by atoms with Crippen molar-refractivity contribution >= 4 is 0 Å². The molecule has 0 saturated heterocycles. The maximum Gasteiger partial charge on any atom is 0.419 e.